The van der Waals surface area contributed by atoms with Gasteiger partial charge in [-0.3, -0.25) is 4.98 Å². The van der Waals surface area contributed by atoms with E-state index in [4.69, 9.17) is 0 Å². The van der Waals surface area contributed by atoms with E-state index in [-0.39, 0.29) is 0 Å². The molecule has 1 fully saturated rings. The third-order valence-electron chi connectivity index (χ3n) is 2.22. The van der Waals surface area contributed by atoms with Crippen LogP contribution in [0.15, 0.2) is 22.8 Å². The Bertz CT molecular complexity index is 269. The first kappa shape index (κ1) is 8.20. The summed E-state index contributed by atoms with van der Waals surface area (Å²) in [6.45, 7) is 2.20. The van der Waals surface area contributed by atoms with Crippen LogP contribution in [0.1, 0.15) is 18.0 Å². The van der Waals surface area contributed by atoms with Gasteiger partial charge in [-0.15, -0.1) is 0 Å². The second kappa shape index (κ2) is 3.54. The fourth-order valence-electron chi connectivity index (χ4n) is 1.55. The van der Waals surface area contributed by atoms with Gasteiger partial charge < -0.3 is 5.32 Å². The first-order chi connectivity index (χ1) is 5.86. The van der Waals surface area contributed by atoms with Crippen molar-refractivity contribution in [2.45, 2.75) is 12.3 Å². The van der Waals surface area contributed by atoms with Gasteiger partial charge in [0.05, 0.1) is 0 Å². The zero-order valence-corrected chi connectivity index (χ0v) is 8.34. The normalized spacial score (nSPS) is 22.9. The summed E-state index contributed by atoms with van der Waals surface area (Å²) in [5.74, 6) is 0.613. The number of halogens is 1. The maximum absolute atomic E-state index is 4.35. The standard InChI is InChI=1S/C9H11BrN2/c10-8-2-4-12-9(5-8)7-1-3-11-6-7/h2,4-5,7,11H,1,3,6H2/t7-/m0/s1. The van der Waals surface area contributed by atoms with Gasteiger partial charge in [-0.05, 0) is 25.1 Å². The summed E-state index contributed by atoms with van der Waals surface area (Å²) in [5.41, 5.74) is 1.20. The van der Waals surface area contributed by atoms with Crippen LogP contribution in [-0.2, 0) is 0 Å². The molecule has 0 saturated carbocycles. The van der Waals surface area contributed by atoms with Crippen LogP contribution in [0.5, 0.6) is 0 Å². The molecule has 1 atom stereocenters. The molecule has 12 heavy (non-hydrogen) atoms. The Morgan fingerprint density at radius 3 is 3.17 bits per heavy atom. The van der Waals surface area contributed by atoms with Crippen molar-refractivity contribution in [1.29, 1.82) is 0 Å². The maximum Gasteiger partial charge on any atom is 0.0458 e. The molecule has 1 aliphatic heterocycles. The van der Waals surface area contributed by atoms with Gasteiger partial charge in [0.15, 0.2) is 0 Å². The Labute approximate surface area is 80.5 Å². The first-order valence-corrected chi connectivity index (χ1v) is 4.98. The van der Waals surface area contributed by atoms with Crippen molar-refractivity contribution in [3.05, 3.63) is 28.5 Å². The Morgan fingerprint density at radius 2 is 2.50 bits per heavy atom. The summed E-state index contributed by atoms with van der Waals surface area (Å²) in [4.78, 5) is 4.35. The van der Waals surface area contributed by atoms with Gasteiger partial charge in [0, 0.05) is 28.8 Å². The number of aromatic nitrogens is 1. The topological polar surface area (TPSA) is 24.9 Å². The highest BCUT2D eigenvalue weighted by Gasteiger charge is 2.17. The molecule has 2 nitrogen and oxygen atoms in total. The third-order valence-corrected chi connectivity index (χ3v) is 2.71. The summed E-state index contributed by atoms with van der Waals surface area (Å²) in [5, 5.41) is 3.33. The molecule has 2 heterocycles. The van der Waals surface area contributed by atoms with Crippen LogP contribution < -0.4 is 5.32 Å². The van der Waals surface area contributed by atoms with Gasteiger partial charge in [0.25, 0.3) is 0 Å². The van der Waals surface area contributed by atoms with Crippen molar-refractivity contribution in [2.24, 2.45) is 0 Å². The lowest BCUT2D eigenvalue weighted by molar-refractivity contribution is 0.734. The SMILES string of the molecule is Brc1ccnc([C@H]2CCNC2)c1. The van der Waals surface area contributed by atoms with Gasteiger partial charge in [0.1, 0.15) is 0 Å². The Hall–Kier alpha value is -0.410. The molecule has 0 spiro atoms. The van der Waals surface area contributed by atoms with Gasteiger partial charge in [-0.2, -0.15) is 0 Å². The first-order valence-electron chi connectivity index (χ1n) is 4.18. The lowest BCUT2D eigenvalue weighted by Crippen LogP contribution is -2.08. The fraction of sp³-hybridized carbons (Fsp3) is 0.444. The lowest BCUT2D eigenvalue weighted by Gasteiger charge is -2.06. The van der Waals surface area contributed by atoms with Crippen LogP contribution in [0.3, 0.4) is 0 Å². The number of rotatable bonds is 1. The van der Waals surface area contributed by atoms with Gasteiger partial charge in [0.2, 0.25) is 0 Å². The van der Waals surface area contributed by atoms with Crippen LogP contribution in [0.25, 0.3) is 0 Å². The molecule has 0 radical (unpaired) electrons. The van der Waals surface area contributed by atoms with E-state index in [1.165, 1.54) is 12.1 Å². The molecular weight excluding hydrogens is 216 g/mol. The van der Waals surface area contributed by atoms with E-state index in [0.717, 1.165) is 17.6 Å². The Morgan fingerprint density at radius 1 is 1.58 bits per heavy atom. The molecule has 0 aliphatic carbocycles. The summed E-state index contributed by atoms with van der Waals surface area (Å²) in [6, 6.07) is 4.07. The molecule has 3 heteroatoms. The lowest BCUT2D eigenvalue weighted by atomic mass is 10.0. The highest BCUT2D eigenvalue weighted by atomic mass is 79.9. The molecule has 0 bridgehead atoms. The van der Waals surface area contributed by atoms with Crippen molar-refractivity contribution >= 4 is 15.9 Å². The summed E-state index contributed by atoms with van der Waals surface area (Å²) < 4.78 is 1.12. The van der Waals surface area contributed by atoms with Crippen molar-refractivity contribution in [3.63, 3.8) is 0 Å². The summed E-state index contributed by atoms with van der Waals surface area (Å²) in [7, 11) is 0. The summed E-state index contributed by atoms with van der Waals surface area (Å²) >= 11 is 3.45. The molecule has 1 aromatic heterocycles. The zero-order valence-electron chi connectivity index (χ0n) is 6.76. The number of nitrogens with one attached hydrogen (secondary N) is 1. The highest BCUT2D eigenvalue weighted by Crippen LogP contribution is 2.22. The molecule has 64 valence electrons. The quantitative estimate of drug-likeness (QED) is 0.792. The molecule has 0 unspecified atom stereocenters. The second-order valence-corrected chi connectivity index (χ2v) is 4.00. The van der Waals surface area contributed by atoms with Gasteiger partial charge >= 0.3 is 0 Å². The van der Waals surface area contributed by atoms with Crippen LogP contribution in [0, 0.1) is 0 Å². The molecule has 0 amide bonds. The fourth-order valence-corrected chi connectivity index (χ4v) is 1.90. The monoisotopic (exact) mass is 226 g/mol. The van der Waals surface area contributed by atoms with Crippen LogP contribution in [0.2, 0.25) is 0 Å². The van der Waals surface area contributed by atoms with Crippen LogP contribution in [-0.4, -0.2) is 18.1 Å². The third kappa shape index (κ3) is 1.67. The van der Waals surface area contributed by atoms with E-state index >= 15 is 0 Å². The van der Waals surface area contributed by atoms with Crippen LogP contribution in [0.4, 0.5) is 0 Å². The minimum atomic E-state index is 0.613. The smallest absolute Gasteiger partial charge is 0.0458 e. The minimum absolute atomic E-state index is 0.613. The number of pyridine rings is 1. The molecule has 2 rings (SSSR count). The molecular formula is C9H11BrN2. The van der Waals surface area contributed by atoms with Crippen molar-refractivity contribution < 1.29 is 0 Å². The Balaban J connectivity index is 2.21. The van der Waals surface area contributed by atoms with E-state index < -0.39 is 0 Å². The largest absolute Gasteiger partial charge is 0.316 e. The maximum atomic E-state index is 4.35. The molecule has 1 N–H and O–H groups in total. The van der Waals surface area contributed by atoms with Gasteiger partial charge in [-0.25, -0.2) is 0 Å². The number of hydrogen-bond donors (Lipinski definition) is 1. The predicted molar refractivity (Wildman–Crippen MR) is 52.2 cm³/mol. The molecule has 0 aromatic carbocycles. The van der Waals surface area contributed by atoms with Crippen molar-refractivity contribution in [3.8, 4) is 0 Å². The number of hydrogen-bond acceptors (Lipinski definition) is 2. The van der Waals surface area contributed by atoms with Crippen LogP contribution >= 0.6 is 15.9 Å². The predicted octanol–water partition coefficient (Wildman–Crippen LogP) is 1.92. The number of nitrogens with zero attached hydrogens (tertiary/aromatic N) is 1. The van der Waals surface area contributed by atoms with Gasteiger partial charge in [-0.1, -0.05) is 15.9 Å². The Kier molecular flexibility index (Phi) is 2.42. The average Bonchev–Trinajstić information content (AvgIpc) is 2.56. The van der Waals surface area contributed by atoms with E-state index in [9.17, 15) is 0 Å². The van der Waals surface area contributed by atoms with Crippen molar-refractivity contribution in [1.82, 2.24) is 10.3 Å². The minimum Gasteiger partial charge on any atom is -0.316 e. The molecule has 1 aliphatic rings. The van der Waals surface area contributed by atoms with E-state index in [2.05, 4.69) is 32.3 Å². The second-order valence-electron chi connectivity index (χ2n) is 3.09. The average molecular weight is 227 g/mol. The highest BCUT2D eigenvalue weighted by molar-refractivity contribution is 9.10. The van der Waals surface area contributed by atoms with Crippen molar-refractivity contribution in [2.75, 3.05) is 13.1 Å². The molecule has 1 aromatic rings. The van der Waals surface area contributed by atoms with E-state index in [1.54, 1.807) is 0 Å². The van der Waals surface area contributed by atoms with E-state index in [0.29, 0.717) is 5.92 Å². The molecule has 1 saturated heterocycles. The summed E-state index contributed by atoms with van der Waals surface area (Å²) in [6.07, 6.45) is 3.07. The van der Waals surface area contributed by atoms with E-state index in [1.807, 2.05) is 12.3 Å². The zero-order chi connectivity index (χ0) is 8.39.